The molecule has 0 spiro atoms. The highest BCUT2D eigenvalue weighted by Gasteiger charge is 2.33. The molecule has 2 aromatic carbocycles. The molecule has 39 heavy (non-hydrogen) atoms. The fourth-order valence-corrected chi connectivity index (χ4v) is 7.10. The van der Waals surface area contributed by atoms with E-state index in [1.165, 1.54) is 21.6 Å². The van der Waals surface area contributed by atoms with Gasteiger partial charge in [-0.25, -0.2) is 4.98 Å². The Hall–Kier alpha value is -3.11. The van der Waals surface area contributed by atoms with Crippen LogP contribution in [0.15, 0.2) is 64.5 Å². The fraction of sp³-hybridized carbons (Fsp3) is 0.345. The molecule has 0 fully saturated rings. The van der Waals surface area contributed by atoms with Crippen molar-refractivity contribution in [2.45, 2.75) is 51.4 Å². The molecule has 2 heterocycles. The predicted octanol–water partition coefficient (Wildman–Crippen LogP) is 7.35. The first kappa shape index (κ1) is 27.5. The van der Waals surface area contributed by atoms with E-state index in [1.807, 2.05) is 30.3 Å². The van der Waals surface area contributed by atoms with Gasteiger partial charge < -0.3 is 5.32 Å². The second-order valence-corrected chi connectivity index (χ2v) is 12.8. The standard InChI is InChI=1S/C29H28F3N3O2S2/c1-28(2,3)17-12-13-21-22(15-17)39-25-24(21)26(37)35(20-10-5-4-6-11-20)27(34-25)38-16-23(36)33-19-9-7-8-18(14-19)29(30,31)32/h4-11,14,17H,12-13,15-16H2,1-3H3,(H,33,36). The average Bonchev–Trinajstić information content (AvgIpc) is 3.25. The molecule has 2 aromatic heterocycles. The SMILES string of the molecule is CC(C)(C)C1CCc2c(sc3nc(SCC(=O)Nc4cccc(C(F)(F)F)c4)n(-c4ccccc4)c(=O)c23)C1. The lowest BCUT2D eigenvalue weighted by atomic mass is 9.72. The highest BCUT2D eigenvalue weighted by atomic mass is 32.2. The molecule has 1 amide bonds. The monoisotopic (exact) mass is 571 g/mol. The van der Waals surface area contributed by atoms with Crippen LogP contribution in [-0.4, -0.2) is 21.2 Å². The number of halogens is 3. The zero-order valence-corrected chi connectivity index (χ0v) is 23.4. The molecule has 1 aliphatic carbocycles. The molecule has 0 bridgehead atoms. The first-order valence-corrected chi connectivity index (χ1v) is 14.4. The van der Waals surface area contributed by atoms with Gasteiger partial charge in [0.25, 0.3) is 5.56 Å². The van der Waals surface area contributed by atoms with Gasteiger partial charge in [-0.15, -0.1) is 11.3 Å². The summed E-state index contributed by atoms with van der Waals surface area (Å²) in [6.07, 6.45) is -1.76. The van der Waals surface area contributed by atoms with Crippen molar-refractivity contribution in [3.8, 4) is 5.69 Å². The Morgan fingerprint density at radius 3 is 2.56 bits per heavy atom. The van der Waals surface area contributed by atoms with Crippen molar-refractivity contribution in [3.05, 3.63) is 81.0 Å². The van der Waals surface area contributed by atoms with Crippen LogP contribution in [0.3, 0.4) is 0 Å². The van der Waals surface area contributed by atoms with E-state index < -0.39 is 17.6 Å². The summed E-state index contributed by atoms with van der Waals surface area (Å²) in [5, 5.41) is 3.53. The van der Waals surface area contributed by atoms with Crippen LogP contribution in [-0.2, 0) is 23.8 Å². The number of thiophene rings is 1. The number of para-hydroxylation sites is 1. The van der Waals surface area contributed by atoms with Crippen molar-refractivity contribution in [1.29, 1.82) is 0 Å². The van der Waals surface area contributed by atoms with Crippen LogP contribution in [0.25, 0.3) is 15.9 Å². The summed E-state index contributed by atoms with van der Waals surface area (Å²) < 4.78 is 40.7. The number of thioether (sulfide) groups is 1. The Balaban J connectivity index is 1.47. The van der Waals surface area contributed by atoms with E-state index in [0.29, 0.717) is 27.0 Å². The number of aromatic nitrogens is 2. The van der Waals surface area contributed by atoms with Gasteiger partial charge in [-0.2, -0.15) is 13.2 Å². The summed E-state index contributed by atoms with van der Waals surface area (Å²) in [6, 6.07) is 13.6. The minimum Gasteiger partial charge on any atom is -0.325 e. The summed E-state index contributed by atoms with van der Waals surface area (Å²) in [5.74, 6) is -0.104. The Bertz CT molecular complexity index is 1590. The maximum absolute atomic E-state index is 13.9. The van der Waals surface area contributed by atoms with Gasteiger partial charge in [-0.05, 0) is 66.5 Å². The molecule has 204 valence electrons. The van der Waals surface area contributed by atoms with Gasteiger partial charge in [-0.3, -0.25) is 14.2 Å². The maximum Gasteiger partial charge on any atom is 0.416 e. The van der Waals surface area contributed by atoms with Crippen LogP contribution in [0.4, 0.5) is 18.9 Å². The average molecular weight is 572 g/mol. The van der Waals surface area contributed by atoms with E-state index in [1.54, 1.807) is 11.3 Å². The van der Waals surface area contributed by atoms with Crippen LogP contribution in [0, 0.1) is 11.3 Å². The van der Waals surface area contributed by atoms with Gasteiger partial charge in [0.2, 0.25) is 5.91 Å². The van der Waals surface area contributed by atoms with E-state index in [-0.39, 0.29) is 22.4 Å². The zero-order chi connectivity index (χ0) is 27.9. The summed E-state index contributed by atoms with van der Waals surface area (Å²) in [5.41, 5.74) is 0.933. The Morgan fingerprint density at radius 1 is 1.13 bits per heavy atom. The van der Waals surface area contributed by atoms with Crippen molar-refractivity contribution in [2.24, 2.45) is 11.3 Å². The summed E-state index contributed by atoms with van der Waals surface area (Å²) in [7, 11) is 0. The first-order valence-electron chi connectivity index (χ1n) is 12.6. The Morgan fingerprint density at radius 2 is 1.87 bits per heavy atom. The second-order valence-electron chi connectivity index (χ2n) is 10.8. The minimum atomic E-state index is -4.51. The van der Waals surface area contributed by atoms with Gasteiger partial charge in [-0.1, -0.05) is 56.8 Å². The number of fused-ring (bicyclic) bond motifs is 3. The topological polar surface area (TPSA) is 64.0 Å². The normalized spacial score (nSPS) is 15.8. The molecular weight excluding hydrogens is 543 g/mol. The molecule has 0 radical (unpaired) electrons. The van der Waals surface area contributed by atoms with Crippen LogP contribution >= 0.6 is 23.1 Å². The third-order valence-electron chi connectivity index (χ3n) is 7.10. The van der Waals surface area contributed by atoms with E-state index >= 15 is 0 Å². The van der Waals surface area contributed by atoms with Crippen molar-refractivity contribution >= 4 is 44.9 Å². The molecule has 1 unspecified atom stereocenters. The van der Waals surface area contributed by atoms with Gasteiger partial charge in [0, 0.05) is 10.6 Å². The van der Waals surface area contributed by atoms with Crippen LogP contribution in [0.5, 0.6) is 0 Å². The highest BCUT2D eigenvalue weighted by Crippen LogP contribution is 2.42. The Labute approximate surface area is 232 Å². The van der Waals surface area contributed by atoms with Crippen molar-refractivity contribution < 1.29 is 18.0 Å². The van der Waals surface area contributed by atoms with Gasteiger partial charge in [0.15, 0.2) is 5.16 Å². The zero-order valence-electron chi connectivity index (χ0n) is 21.8. The molecule has 0 saturated heterocycles. The lowest BCUT2D eigenvalue weighted by molar-refractivity contribution is -0.137. The molecule has 5 nitrogen and oxygen atoms in total. The van der Waals surface area contributed by atoms with E-state index in [0.717, 1.165) is 48.7 Å². The smallest absolute Gasteiger partial charge is 0.325 e. The summed E-state index contributed by atoms with van der Waals surface area (Å²) >= 11 is 2.63. The number of aryl methyl sites for hydroxylation is 1. The molecule has 1 atom stereocenters. The fourth-order valence-electron chi connectivity index (χ4n) is 4.95. The number of hydrogen-bond donors (Lipinski definition) is 1. The number of benzene rings is 2. The second kappa shape index (κ2) is 10.5. The summed E-state index contributed by atoms with van der Waals surface area (Å²) in [4.78, 5) is 33.3. The van der Waals surface area contributed by atoms with Crippen molar-refractivity contribution in [3.63, 3.8) is 0 Å². The van der Waals surface area contributed by atoms with E-state index in [2.05, 4.69) is 26.1 Å². The molecule has 10 heteroatoms. The number of amides is 1. The van der Waals surface area contributed by atoms with Crippen LogP contribution in [0.2, 0.25) is 0 Å². The third-order valence-corrected chi connectivity index (χ3v) is 9.18. The quantitative estimate of drug-likeness (QED) is 0.201. The van der Waals surface area contributed by atoms with Crippen molar-refractivity contribution in [1.82, 2.24) is 9.55 Å². The summed E-state index contributed by atoms with van der Waals surface area (Å²) in [6.45, 7) is 6.74. The number of anilines is 1. The van der Waals surface area contributed by atoms with E-state index in [9.17, 15) is 22.8 Å². The number of carbonyl (C=O) groups is 1. The largest absolute Gasteiger partial charge is 0.416 e. The van der Waals surface area contributed by atoms with Crippen LogP contribution < -0.4 is 10.9 Å². The van der Waals surface area contributed by atoms with Crippen molar-refractivity contribution in [2.75, 3.05) is 11.1 Å². The molecular formula is C29H28F3N3O2S2. The number of carbonyl (C=O) groups excluding carboxylic acids is 1. The molecule has 4 aromatic rings. The molecule has 1 aliphatic rings. The number of nitrogens with one attached hydrogen (secondary N) is 1. The number of rotatable bonds is 5. The lowest BCUT2D eigenvalue weighted by Crippen LogP contribution is -2.27. The number of hydrogen-bond acceptors (Lipinski definition) is 5. The third kappa shape index (κ3) is 5.77. The predicted molar refractivity (Wildman–Crippen MR) is 151 cm³/mol. The maximum atomic E-state index is 13.9. The van der Waals surface area contributed by atoms with Gasteiger partial charge in [0.1, 0.15) is 4.83 Å². The highest BCUT2D eigenvalue weighted by molar-refractivity contribution is 7.99. The lowest BCUT2D eigenvalue weighted by Gasteiger charge is -2.33. The molecule has 0 saturated carbocycles. The van der Waals surface area contributed by atoms with Crippen LogP contribution in [0.1, 0.15) is 43.2 Å². The van der Waals surface area contributed by atoms with E-state index in [4.69, 9.17) is 4.98 Å². The minimum absolute atomic E-state index is 0.0543. The molecule has 1 N–H and O–H groups in total. The first-order chi connectivity index (χ1) is 18.4. The van der Waals surface area contributed by atoms with Gasteiger partial charge >= 0.3 is 6.18 Å². The Kier molecular flexibility index (Phi) is 7.37. The molecule has 0 aliphatic heterocycles. The number of alkyl halides is 3. The van der Waals surface area contributed by atoms with Gasteiger partial charge in [0.05, 0.1) is 22.4 Å². The number of nitrogens with zero attached hydrogens (tertiary/aromatic N) is 2. The molecule has 5 rings (SSSR count).